The first-order valence-electron chi connectivity index (χ1n) is 3.75. The Morgan fingerprint density at radius 3 is 2.18 bits per heavy atom. The fourth-order valence-electron chi connectivity index (χ4n) is 1.36. The van der Waals surface area contributed by atoms with Crippen molar-refractivity contribution in [3.63, 3.8) is 0 Å². The van der Waals surface area contributed by atoms with Crippen LogP contribution < -0.4 is 0 Å². The van der Waals surface area contributed by atoms with Gasteiger partial charge in [0.25, 0.3) is 0 Å². The Hall–Kier alpha value is -0.470. The fraction of sp³-hybridized carbons (Fsp3) is 0.750. The van der Waals surface area contributed by atoms with Crippen LogP contribution in [0.3, 0.4) is 0 Å². The van der Waals surface area contributed by atoms with Crippen LogP contribution in [-0.2, 0) is 4.79 Å². The molecule has 0 atom stereocenters. The van der Waals surface area contributed by atoms with E-state index in [1.54, 1.807) is 0 Å². The second-order valence-electron chi connectivity index (χ2n) is 3.10. The highest BCUT2D eigenvalue weighted by Gasteiger charge is 2.36. The van der Waals surface area contributed by atoms with Gasteiger partial charge < -0.3 is 0 Å². The molecule has 0 saturated heterocycles. The molecule has 0 heterocycles. The smallest absolute Gasteiger partial charge is 0.248 e. The molecule has 3 heteroatoms. The minimum atomic E-state index is -2.54. The zero-order valence-electron chi connectivity index (χ0n) is 6.28. The zero-order chi connectivity index (χ0) is 8.48. The van der Waals surface area contributed by atoms with Crippen molar-refractivity contribution < 1.29 is 13.6 Å². The van der Waals surface area contributed by atoms with Crippen LogP contribution in [-0.4, -0.2) is 11.7 Å². The van der Waals surface area contributed by atoms with Crippen LogP contribution >= 0.6 is 0 Å². The molecule has 0 aromatic rings. The van der Waals surface area contributed by atoms with Crippen LogP contribution in [0.2, 0.25) is 0 Å². The van der Waals surface area contributed by atoms with E-state index in [4.69, 9.17) is 0 Å². The van der Waals surface area contributed by atoms with Gasteiger partial charge in [0, 0.05) is 25.7 Å². The summed E-state index contributed by atoms with van der Waals surface area (Å²) in [6.07, 6.45) is 0.294. The Kier molecular flexibility index (Phi) is 2.25. The van der Waals surface area contributed by atoms with Crippen LogP contribution in [0.4, 0.5) is 8.78 Å². The van der Waals surface area contributed by atoms with E-state index in [-0.39, 0.29) is 24.5 Å². The average molecular weight is 161 g/mol. The molecule has 63 valence electrons. The van der Waals surface area contributed by atoms with Crippen molar-refractivity contribution in [1.82, 2.24) is 0 Å². The maximum atomic E-state index is 12.5. The predicted molar refractivity (Wildman–Crippen MR) is 37.3 cm³/mol. The molecule has 0 spiro atoms. The number of halogens is 2. The van der Waals surface area contributed by atoms with Gasteiger partial charge in [-0.15, -0.1) is 0 Å². The monoisotopic (exact) mass is 161 g/mol. The molecule has 1 rings (SSSR count). The Morgan fingerprint density at radius 1 is 1.36 bits per heavy atom. The molecule has 0 aliphatic heterocycles. The lowest BCUT2D eigenvalue weighted by molar-refractivity contribution is -0.122. The van der Waals surface area contributed by atoms with Gasteiger partial charge in [-0.1, -0.05) is 0 Å². The Morgan fingerprint density at radius 2 is 1.82 bits per heavy atom. The number of hydrogen-bond donors (Lipinski definition) is 0. The fourth-order valence-corrected chi connectivity index (χ4v) is 1.36. The lowest BCUT2D eigenvalue weighted by Gasteiger charge is -2.26. The first kappa shape index (κ1) is 8.62. The second-order valence-corrected chi connectivity index (χ2v) is 3.10. The second kappa shape index (κ2) is 2.88. The molecule has 0 aromatic carbocycles. The molecular weight excluding hydrogens is 150 g/mol. The van der Waals surface area contributed by atoms with Crippen molar-refractivity contribution in [1.29, 1.82) is 0 Å². The Bertz CT molecular complexity index is 155. The topological polar surface area (TPSA) is 17.1 Å². The van der Waals surface area contributed by atoms with Gasteiger partial charge in [-0.3, -0.25) is 4.79 Å². The molecule has 1 radical (unpaired) electrons. The molecule has 0 bridgehead atoms. The van der Waals surface area contributed by atoms with Gasteiger partial charge in [0.05, 0.1) is 0 Å². The van der Waals surface area contributed by atoms with Gasteiger partial charge in [-0.05, 0) is 12.8 Å². The van der Waals surface area contributed by atoms with E-state index in [0.29, 0.717) is 12.8 Å². The summed E-state index contributed by atoms with van der Waals surface area (Å²) in [5.41, 5.74) is 0. The molecular formula is C8H11F2O. The van der Waals surface area contributed by atoms with Gasteiger partial charge in [-0.25, -0.2) is 8.78 Å². The highest BCUT2D eigenvalue weighted by Crippen LogP contribution is 2.36. The van der Waals surface area contributed by atoms with Gasteiger partial charge in [0.1, 0.15) is 5.78 Å². The summed E-state index contributed by atoms with van der Waals surface area (Å²) < 4.78 is 25.0. The van der Waals surface area contributed by atoms with Crippen molar-refractivity contribution >= 4 is 5.78 Å². The number of carbonyl (C=O) groups excluding carboxylic acids is 1. The van der Waals surface area contributed by atoms with Gasteiger partial charge in [-0.2, -0.15) is 0 Å². The molecule has 1 saturated carbocycles. The zero-order valence-corrected chi connectivity index (χ0v) is 6.28. The standard InChI is InChI=1S/C8H11F2O/c1-6(11)7-2-4-8(9,10)5-3-7/h7H,1-5H2. The third kappa shape index (κ3) is 2.24. The van der Waals surface area contributed by atoms with Crippen molar-refractivity contribution in [2.45, 2.75) is 31.6 Å². The highest BCUT2D eigenvalue weighted by atomic mass is 19.3. The summed E-state index contributed by atoms with van der Waals surface area (Å²) in [5.74, 6) is -2.94. The molecule has 1 aliphatic carbocycles. The summed E-state index contributed by atoms with van der Waals surface area (Å²) in [6, 6.07) is 0. The highest BCUT2D eigenvalue weighted by molar-refractivity contribution is 5.84. The SMILES string of the molecule is [CH2]C(=O)C1CCC(F)(F)CC1. The number of Topliss-reactive ketones (excluding diaryl/α,β-unsaturated/α-hetero) is 1. The van der Waals surface area contributed by atoms with Crippen LogP contribution in [0, 0.1) is 12.8 Å². The lowest BCUT2D eigenvalue weighted by Crippen LogP contribution is -2.27. The number of ketones is 1. The van der Waals surface area contributed by atoms with E-state index in [2.05, 4.69) is 6.92 Å². The lowest BCUT2D eigenvalue weighted by atomic mass is 9.85. The third-order valence-electron chi connectivity index (χ3n) is 2.17. The van der Waals surface area contributed by atoms with Gasteiger partial charge in [0.15, 0.2) is 0 Å². The van der Waals surface area contributed by atoms with Crippen LogP contribution in [0.25, 0.3) is 0 Å². The normalized spacial score (nSPS) is 25.0. The van der Waals surface area contributed by atoms with Gasteiger partial charge >= 0.3 is 0 Å². The van der Waals surface area contributed by atoms with E-state index >= 15 is 0 Å². The molecule has 0 aromatic heterocycles. The van der Waals surface area contributed by atoms with E-state index in [0.717, 1.165) is 0 Å². The average Bonchev–Trinajstić information content (AvgIpc) is 1.86. The van der Waals surface area contributed by atoms with Gasteiger partial charge in [0.2, 0.25) is 5.92 Å². The summed E-state index contributed by atoms with van der Waals surface area (Å²) in [6.45, 7) is 3.23. The van der Waals surface area contributed by atoms with Crippen molar-refractivity contribution in [3.05, 3.63) is 6.92 Å². The summed E-state index contributed by atoms with van der Waals surface area (Å²) >= 11 is 0. The maximum Gasteiger partial charge on any atom is 0.248 e. The van der Waals surface area contributed by atoms with E-state index in [9.17, 15) is 13.6 Å². The van der Waals surface area contributed by atoms with Crippen LogP contribution in [0.15, 0.2) is 0 Å². The predicted octanol–water partition coefficient (Wildman–Crippen LogP) is 2.22. The number of rotatable bonds is 1. The van der Waals surface area contributed by atoms with E-state index < -0.39 is 5.92 Å². The Balaban J connectivity index is 2.42. The number of hydrogen-bond acceptors (Lipinski definition) is 1. The first-order chi connectivity index (χ1) is 5.01. The largest absolute Gasteiger partial charge is 0.299 e. The molecule has 11 heavy (non-hydrogen) atoms. The molecule has 0 N–H and O–H groups in total. The van der Waals surface area contributed by atoms with Crippen molar-refractivity contribution in [2.75, 3.05) is 0 Å². The summed E-state index contributed by atoms with van der Waals surface area (Å²) in [5, 5.41) is 0. The Labute approximate surface area is 64.8 Å². The quantitative estimate of drug-likeness (QED) is 0.576. The van der Waals surface area contributed by atoms with Crippen LogP contribution in [0.5, 0.6) is 0 Å². The number of carbonyl (C=O) groups is 1. The minimum Gasteiger partial charge on any atom is -0.299 e. The minimum absolute atomic E-state index is 0.154. The summed E-state index contributed by atoms with van der Waals surface area (Å²) in [4.78, 5) is 10.7. The van der Waals surface area contributed by atoms with Crippen LogP contribution in [0.1, 0.15) is 25.7 Å². The molecule has 0 amide bonds. The maximum absolute atomic E-state index is 12.5. The summed E-state index contributed by atoms with van der Waals surface area (Å²) in [7, 11) is 0. The number of alkyl halides is 2. The van der Waals surface area contributed by atoms with Crippen molar-refractivity contribution in [3.8, 4) is 0 Å². The van der Waals surface area contributed by atoms with E-state index in [1.807, 2.05) is 0 Å². The van der Waals surface area contributed by atoms with Crippen molar-refractivity contribution in [2.24, 2.45) is 5.92 Å². The first-order valence-corrected chi connectivity index (χ1v) is 3.75. The molecule has 1 nitrogen and oxygen atoms in total. The molecule has 0 unspecified atom stereocenters. The van der Waals surface area contributed by atoms with E-state index in [1.165, 1.54) is 0 Å². The molecule has 1 fully saturated rings. The third-order valence-corrected chi connectivity index (χ3v) is 2.17. The molecule has 1 aliphatic rings.